The molecule has 0 heterocycles. The summed E-state index contributed by atoms with van der Waals surface area (Å²) in [5, 5.41) is 0. The number of esters is 3. The van der Waals surface area contributed by atoms with Gasteiger partial charge in [0.05, 0.1) is 0 Å². The maximum Gasteiger partial charge on any atom is 0.306 e. The summed E-state index contributed by atoms with van der Waals surface area (Å²) in [6.45, 7) is 13.7. The molecule has 0 N–H and O–H groups in total. The highest BCUT2D eigenvalue weighted by atomic mass is 16.6. The van der Waals surface area contributed by atoms with E-state index >= 15 is 0 Å². The van der Waals surface area contributed by atoms with Crippen molar-refractivity contribution in [1.29, 1.82) is 0 Å². The van der Waals surface area contributed by atoms with Gasteiger partial charge < -0.3 is 14.2 Å². The summed E-state index contributed by atoms with van der Waals surface area (Å²) in [5.41, 5.74) is 0. The molecule has 0 radical (unpaired) electrons. The van der Waals surface area contributed by atoms with Gasteiger partial charge >= 0.3 is 17.9 Å². The minimum absolute atomic E-state index is 0.0652. The number of hydrogen-bond acceptors (Lipinski definition) is 6. The van der Waals surface area contributed by atoms with Crippen LogP contribution in [0.3, 0.4) is 0 Å². The quantitative estimate of drug-likeness (QED) is 0.0345. The number of hydrogen-bond donors (Lipinski definition) is 0. The van der Waals surface area contributed by atoms with Gasteiger partial charge in [0.2, 0.25) is 0 Å². The molecule has 0 bridgehead atoms. The third kappa shape index (κ3) is 47.3. The van der Waals surface area contributed by atoms with Crippen molar-refractivity contribution >= 4 is 17.9 Å². The van der Waals surface area contributed by atoms with Crippen molar-refractivity contribution < 1.29 is 28.6 Å². The lowest BCUT2D eigenvalue weighted by molar-refractivity contribution is -0.167. The van der Waals surface area contributed by atoms with Crippen molar-refractivity contribution in [3.05, 3.63) is 0 Å². The maximum atomic E-state index is 12.8. The Hall–Kier alpha value is -1.59. The fourth-order valence-electron chi connectivity index (χ4n) is 7.94. The number of ether oxygens (including phenoxy) is 3. The average molecular weight is 835 g/mol. The lowest BCUT2D eigenvalue weighted by Crippen LogP contribution is -2.30. The summed E-state index contributed by atoms with van der Waals surface area (Å²) in [5.74, 6) is 1.58. The van der Waals surface area contributed by atoms with Crippen molar-refractivity contribution in [1.82, 2.24) is 0 Å². The normalized spacial score (nSPS) is 12.2. The van der Waals surface area contributed by atoms with Crippen molar-refractivity contribution in [3.8, 4) is 0 Å². The molecule has 0 aliphatic rings. The van der Waals surface area contributed by atoms with E-state index in [1.54, 1.807) is 0 Å². The Morgan fingerprint density at radius 2 is 0.492 bits per heavy atom. The highest BCUT2D eigenvalue weighted by molar-refractivity contribution is 5.71. The molecule has 0 rings (SSSR count). The van der Waals surface area contributed by atoms with Crippen molar-refractivity contribution in [2.75, 3.05) is 13.2 Å². The third-order valence-corrected chi connectivity index (χ3v) is 11.9. The van der Waals surface area contributed by atoms with E-state index in [4.69, 9.17) is 14.2 Å². The largest absolute Gasteiger partial charge is 0.462 e. The van der Waals surface area contributed by atoms with Crippen LogP contribution in [0.4, 0.5) is 0 Å². The van der Waals surface area contributed by atoms with Crippen LogP contribution in [0.2, 0.25) is 0 Å². The van der Waals surface area contributed by atoms with Crippen LogP contribution in [-0.4, -0.2) is 37.2 Å². The topological polar surface area (TPSA) is 78.9 Å². The van der Waals surface area contributed by atoms with Gasteiger partial charge in [-0.3, -0.25) is 14.4 Å². The van der Waals surface area contributed by atoms with E-state index in [0.29, 0.717) is 19.3 Å². The van der Waals surface area contributed by atoms with Gasteiger partial charge in [-0.2, -0.15) is 0 Å². The van der Waals surface area contributed by atoms with Gasteiger partial charge in [-0.1, -0.05) is 247 Å². The monoisotopic (exact) mass is 835 g/mol. The van der Waals surface area contributed by atoms with Gasteiger partial charge in [0, 0.05) is 19.3 Å². The van der Waals surface area contributed by atoms with Crippen molar-refractivity contribution in [2.45, 2.75) is 292 Å². The van der Waals surface area contributed by atoms with Gasteiger partial charge in [-0.25, -0.2) is 0 Å². The fraction of sp³-hybridized carbons (Fsp3) is 0.943. The van der Waals surface area contributed by atoms with E-state index < -0.39 is 6.10 Å². The molecule has 1 atom stereocenters. The van der Waals surface area contributed by atoms with Crippen LogP contribution in [-0.2, 0) is 28.6 Å². The molecule has 0 aromatic rings. The van der Waals surface area contributed by atoms with E-state index in [0.717, 1.165) is 75.5 Å². The zero-order valence-electron chi connectivity index (χ0n) is 40.5. The molecule has 0 unspecified atom stereocenters. The first-order valence-electron chi connectivity index (χ1n) is 26.1. The molecule has 0 amide bonds. The molecule has 0 aliphatic heterocycles. The zero-order chi connectivity index (χ0) is 43.4. The third-order valence-electron chi connectivity index (χ3n) is 11.9. The van der Waals surface area contributed by atoms with Crippen LogP contribution >= 0.6 is 0 Å². The highest BCUT2D eigenvalue weighted by Gasteiger charge is 2.19. The van der Waals surface area contributed by atoms with Crippen LogP contribution < -0.4 is 0 Å². The predicted octanol–water partition coefficient (Wildman–Crippen LogP) is 16.8. The van der Waals surface area contributed by atoms with E-state index in [2.05, 4.69) is 41.5 Å². The van der Waals surface area contributed by atoms with Gasteiger partial charge in [-0.05, 0) is 37.0 Å². The minimum Gasteiger partial charge on any atom is -0.462 e. The van der Waals surface area contributed by atoms with Gasteiger partial charge in [-0.15, -0.1) is 0 Å². The highest BCUT2D eigenvalue weighted by Crippen LogP contribution is 2.18. The Morgan fingerprint density at radius 1 is 0.288 bits per heavy atom. The summed E-state index contributed by atoms with van der Waals surface area (Å²) in [6, 6.07) is 0. The second-order valence-corrected chi connectivity index (χ2v) is 19.6. The van der Waals surface area contributed by atoms with Crippen molar-refractivity contribution in [2.24, 2.45) is 17.8 Å². The van der Waals surface area contributed by atoms with Crippen LogP contribution in [0.1, 0.15) is 286 Å². The molecular weight excluding hydrogens is 733 g/mol. The van der Waals surface area contributed by atoms with E-state index in [1.807, 2.05) is 0 Å². The van der Waals surface area contributed by atoms with Crippen molar-refractivity contribution in [3.63, 3.8) is 0 Å². The van der Waals surface area contributed by atoms with E-state index in [-0.39, 0.29) is 31.1 Å². The molecule has 0 saturated heterocycles. The fourth-order valence-corrected chi connectivity index (χ4v) is 7.94. The average Bonchev–Trinajstić information content (AvgIpc) is 3.19. The standard InChI is InChI=1S/C53H102O6/c1-47(2)39-33-27-21-17-13-10-8-7-9-11-15-19-23-30-36-42-51(54)57-45-50(46-58-52(55)43-37-31-26-25-29-35-41-49(5)6)59-53(56)44-38-32-24-20-16-12-14-18-22-28-34-40-48(3)4/h47-50H,7-46H2,1-6H3/t50-/m1/s1. The Balaban J connectivity index is 4.25. The summed E-state index contributed by atoms with van der Waals surface area (Å²) >= 11 is 0. The molecule has 0 aromatic carbocycles. The molecule has 0 spiro atoms. The molecule has 0 saturated carbocycles. The SMILES string of the molecule is CC(C)CCCCCCCCCCCCCCCCCC(=O)OC[C@H](COC(=O)CCCCCCCCC(C)C)OC(=O)CCCCCCCCCCCCCC(C)C. The lowest BCUT2D eigenvalue weighted by atomic mass is 10.0. The van der Waals surface area contributed by atoms with Crippen LogP contribution in [0.5, 0.6) is 0 Å². The first-order chi connectivity index (χ1) is 28.6. The molecule has 0 aliphatic carbocycles. The second kappa shape index (κ2) is 44.5. The Labute approximate surface area is 368 Å². The van der Waals surface area contributed by atoms with Crippen LogP contribution in [0.25, 0.3) is 0 Å². The number of carbonyl (C=O) groups is 3. The Morgan fingerprint density at radius 3 is 0.729 bits per heavy atom. The summed E-state index contributed by atoms with van der Waals surface area (Å²) in [4.78, 5) is 37.9. The zero-order valence-corrected chi connectivity index (χ0v) is 40.5. The molecule has 6 nitrogen and oxygen atoms in total. The lowest BCUT2D eigenvalue weighted by Gasteiger charge is -2.18. The number of unbranched alkanes of at least 4 members (excludes halogenated alkanes) is 29. The Bertz CT molecular complexity index is 914. The first kappa shape index (κ1) is 57.4. The second-order valence-electron chi connectivity index (χ2n) is 19.6. The Kier molecular flexibility index (Phi) is 43.3. The van der Waals surface area contributed by atoms with Crippen LogP contribution in [0, 0.1) is 17.8 Å². The van der Waals surface area contributed by atoms with E-state index in [9.17, 15) is 14.4 Å². The van der Waals surface area contributed by atoms with E-state index in [1.165, 1.54) is 167 Å². The van der Waals surface area contributed by atoms with Gasteiger partial charge in [0.15, 0.2) is 6.10 Å². The predicted molar refractivity (Wildman–Crippen MR) is 252 cm³/mol. The van der Waals surface area contributed by atoms with Gasteiger partial charge in [0.1, 0.15) is 13.2 Å². The molecular formula is C53H102O6. The molecule has 0 aromatic heterocycles. The number of rotatable bonds is 46. The summed E-state index contributed by atoms with van der Waals surface area (Å²) in [7, 11) is 0. The summed E-state index contributed by atoms with van der Waals surface area (Å²) in [6.07, 6.45) is 43.9. The minimum atomic E-state index is -0.763. The smallest absolute Gasteiger partial charge is 0.306 e. The van der Waals surface area contributed by atoms with Gasteiger partial charge in [0.25, 0.3) is 0 Å². The molecule has 350 valence electrons. The first-order valence-corrected chi connectivity index (χ1v) is 26.1. The summed E-state index contributed by atoms with van der Waals surface area (Å²) < 4.78 is 16.8. The molecule has 59 heavy (non-hydrogen) atoms. The molecule has 6 heteroatoms. The molecule has 0 fully saturated rings. The number of carbonyl (C=O) groups excluding carboxylic acids is 3. The van der Waals surface area contributed by atoms with Crippen LogP contribution in [0.15, 0.2) is 0 Å². The maximum absolute atomic E-state index is 12.8.